The van der Waals surface area contributed by atoms with Gasteiger partial charge in [-0.2, -0.15) is 0 Å². The third kappa shape index (κ3) is 3.98. The number of carbonyl (C=O) groups excluding carboxylic acids is 1. The maximum atomic E-state index is 11.2. The van der Waals surface area contributed by atoms with E-state index in [1.54, 1.807) is 18.2 Å². The Labute approximate surface area is 99.7 Å². The number of nitrogen functional groups attached to an aromatic ring is 1. The van der Waals surface area contributed by atoms with Crippen LogP contribution in [0.15, 0.2) is 18.2 Å². The number of benzene rings is 1. The van der Waals surface area contributed by atoms with Crippen molar-refractivity contribution in [3.8, 4) is 5.75 Å². The van der Waals surface area contributed by atoms with Crippen LogP contribution in [-0.4, -0.2) is 19.1 Å². The smallest absolute Gasteiger partial charge is 0.257 e. The summed E-state index contributed by atoms with van der Waals surface area (Å²) in [5.74, 6) is 0.303. The number of carbonyl (C=O) groups is 1. The topological polar surface area (TPSA) is 64.3 Å². The first kappa shape index (κ1) is 12.6. The van der Waals surface area contributed by atoms with E-state index in [9.17, 15) is 4.79 Å². The van der Waals surface area contributed by atoms with Crippen LogP contribution in [0.25, 0.3) is 0 Å². The average molecular weight is 243 g/mol. The highest BCUT2D eigenvalue weighted by Gasteiger charge is 2.05. The van der Waals surface area contributed by atoms with Crippen molar-refractivity contribution in [1.82, 2.24) is 5.32 Å². The minimum Gasteiger partial charge on any atom is -0.482 e. The number of hydrogen-bond acceptors (Lipinski definition) is 3. The summed E-state index contributed by atoms with van der Waals surface area (Å²) in [7, 11) is 0. The summed E-state index contributed by atoms with van der Waals surface area (Å²) < 4.78 is 5.25. The Morgan fingerprint density at radius 3 is 2.94 bits per heavy atom. The molecule has 0 heterocycles. The highest BCUT2D eigenvalue weighted by Crippen LogP contribution is 2.26. The first-order valence-electron chi connectivity index (χ1n) is 5.08. The van der Waals surface area contributed by atoms with Crippen LogP contribution in [0.3, 0.4) is 0 Å². The van der Waals surface area contributed by atoms with E-state index in [0.717, 1.165) is 6.42 Å². The average Bonchev–Trinajstić information content (AvgIpc) is 2.25. The first-order valence-corrected chi connectivity index (χ1v) is 5.45. The summed E-state index contributed by atoms with van der Waals surface area (Å²) in [5, 5.41) is 3.11. The predicted molar refractivity (Wildman–Crippen MR) is 64.7 cm³/mol. The van der Waals surface area contributed by atoms with Crippen LogP contribution in [0.1, 0.15) is 13.3 Å². The highest BCUT2D eigenvalue weighted by atomic mass is 35.5. The van der Waals surface area contributed by atoms with E-state index >= 15 is 0 Å². The maximum absolute atomic E-state index is 11.2. The molecule has 0 atom stereocenters. The zero-order chi connectivity index (χ0) is 12.0. The highest BCUT2D eigenvalue weighted by molar-refractivity contribution is 6.32. The van der Waals surface area contributed by atoms with Gasteiger partial charge in [0.2, 0.25) is 0 Å². The van der Waals surface area contributed by atoms with E-state index in [-0.39, 0.29) is 12.5 Å². The lowest BCUT2D eigenvalue weighted by Gasteiger charge is -2.08. The molecule has 3 N–H and O–H groups in total. The van der Waals surface area contributed by atoms with E-state index in [1.807, 2.05) is 6.92 Å². The summed E-state index contributed by atoms with van der Waals surface area (Å²) in [6.07, 6.45) is 0.897. The molecule has 1 amide bonds. The Morgan fingerprint density at radius 1 is 1.56 bits per heavy atom. The second-order valence-electron chi connectivity index (χ2n) is 3.33. The minimum absolute atomic E-state index is 0.0381. The molecule has 0 spiro atoms. The largest absolute Gasteiger partial charge is 0.482 e. The van der Waals surface area contributed by atoms with E-state index in [0.29, 0.717) is 23.0 Å². The van der Waals surface area contributed by atoms with Gasteiger partial charge in [-0.1, -0.05) is 18.5 Å². The van der Waals surface area contributed by atoms with Crippen molar-refractivity contribution >= 4 is 23.2 Å². The van der Waals surface area contributed by atoms with E-state index in [4.69, 9.17) is 22.1 Å². The van der Waals surface area contributed by atoms with Crippen LogP contribution in [0.4, 0.5) is 5.69 Å². The fourth-order valence-electron chi connectivity index (χ4n) is 1.09. The molecule has 1 aromatic carbocycles. The van der Waals surface area contributed by atoms with Gasteiger partial charge in [-0.25, -0.2) is 0 Å². The molecule has 1 aromatic rings. The molecule has 0 saturated heterocycles. The molecule has 0 aliphatic rings. The van der Waals surface area contributed by atoms with Gasteiger partial charge in [0.05, 0.1) is 5.02 Å². The van der Waals surface area contributed by atoms with Crippen molar-refractivity contribution in [1.29, 1.82) is 0 Å². The third-order valence-corrected chi connectivity index (χ3v) is 2.18. The molecular formula is C11H15ClN2O2. The zero-order valence-electron chi connectivity index (χ0n) is 9.13. The molecule has 0 aliphatic heterocycles. The monoisotopic (exact) mass is 242 g/mol. The van der Waals surface area contributed by atoms with Crippen molar-refractivity contribution in [2.45, 2.75) is 13.3 Å². The van der Waals surface area contributed by atoms with Gasteiger partial charge in [-0.3, -0.25) is 4.79 Å². The Morgan fingerprint density at radius 2 is 2.31 bits per heavy atom. The number of ether oxygens (including phenoxy) is 1. The molecule has 0 aromatic heterocycles. The fraction of sp³-hybridized carbons (Fsp3) is 0.364. The molecule has 0 aliphatic carbocycles. The standard InChI is InChI=1S/C11H15ClN2O2/c1-2-5-14-11(15)7-16-10-4-3-8(13)6-9(10)12/h3-4,6H,2,5,7,13H2,1H3,(H,14,15). The van der Waals surface area contributed by atoms with Gasteiger partial charge < -0.3 is 15.8 Å². The Kier molecular flexibility index (Phi) is 4.92. The van der Waals surface area contributed by atoms with Gasteiger partial charge in [-0.15, -0.1) is 0 Å². The van der Waals surface area contributed by atoms with Gasteiger partial charge in [0.25, 0.3) is 5.91 Å². The van der Waals surface area contributed by atoms with E-state index in [1.165, 1.54) is 0 Å². The number of hydrogen-bond donors (Lipinski definition) is 2. The fourth-order valence-corrected chi connectivity index (χ4v) is 1.34. The second kappa shape index (κ2) is 6.23. The Hall–Kier alpha value is -1.42. The lowest BCUT2D eigenvalue weighted by Crippen LogP contribution is -2.29. The van der Waals surface area contributed by atoms with Gasteiger partial charge in [0.1, 0.15) is 5.75 Å². The van der Waals surface area contributed by atoms with Gasteiger partial charge in [0.15, 0.2) is 6.61 Å². The minimum atomic E-state index is -0.158. The van der Waals surface area contributed by atoms with Gasteiger partial charge >= 0.3 is 0 Å². The molecule has 5 heteroatoms. The molecule has 1 rings (SSSR count). The summed E-state index contributed by atoms with van der Waals surface area (Å²) in [4.78, 5) is 11.2. The molecule has 16 heavy (non-hydrogen) atoms. The molecule has 0 saturated carbocycles. The normalized spacial score (nSPS) is 9.88. The van der Waals surface area contributed by atoms with Gasteiger partial charge in [0, 0.05) is 12.2 Å². The Balaban J connectivity index is 2.45. The zero-order valence-corrected chi connectivity index (χ0v) is 9.88. The molecular weight excluding hydrogens is 228 g/mol. The Bertz CT molecular complexity index is 369. The van der Waals surface area contributed by atoms with Crippen molar-refractivity contribution in [2.75, 3.05) is 18.9 Å². The molecule has 0 fully saturated rings. The lowest BCUT2D eigenvalue weighted by atomic mass is 10.3. The molecule has 0 radical (unpaired) electrons. The quantitative estimate of drug-likeness (QED) is 0.775. The summed E-state index contributed by atoms with van der Waals surface area (Å²) in [5.41, 5.74) is 6.09. The number of amides is 1. The maximum Gasteiger partial charge on any atom is 0.257 e. The molecule has 4 nitrogen and oxygen atoms in total. The predicted octanol–water partition coefficient (Wildman–Crippen LogP) is 1.83. The van der Waals surface area contributed by atoms with Crippen LogP contribution in [-0.2, 0) is 4.79 Å². The second-order valence-corrected chi connectivity index (χ2v) is 3.74. The SMILES string of the molecule is CCCNC(=O)COc1ccc(N)cc1Cl. The summed E-state index contributed by atoms with van der Waals surface area (Å²) in [6, 6.07) is 4.90. The van der Waals surface area contributed by atoms with Crippen molar-refractivity contribution in [3.05, 3.63) is 23.2 Å². The van der Waals surface area contributed by atoms with Crippen LogP contribution in [0, 0.1) is 0 Å². The van der Waals surface area contributed by atoms with E-state index < -0.39 is 0 Å². The van der Waals surface area contributed by atoms with Crippen LogP contribution < -0.4 is 15.8 Å². The number of anilines is 1. The number of rotatable bonds is 5. The van der Waals surface area contributed by atoms with Crippen LogP contribution in [0.5, 0.6) is 5.75 Å². The molecule has 0 unspecified atom stereocenters. The summed E-state index contributed by atoms with van der Waals surface area (Å²) >= 11 is 5.88. The van der Waals surface area contributed by atoms with Crippen molar-refractivity contribution in [2.24, 2.45) is 0 Å². The van der Waals surface area contributed by atoms with Gasteiger partial charge in [-0.05, 0) is 24.6 Å². The lowest BCUT2D eigenvalue weighted by molar-refractivity contribution is -0.123. The third-order valence-electron chi connectivity index (χ3n) is 1.89. The molecule has 88 valence electrons. The number of nitrogens with two attached hydrogens (primary N) is 1. The molecule has 0 bridgehead atoms. The van der Waals surface area contributed by atoms with Crippen molar-refractivity contribution < 1.29 is 9.53 Å². The first-order chi connectivity index (χ1) is 7.63. The van der Waals surface area contributed by atoms with E-state index in [2.05, 4.69) is 5.32 Å². The van der Waals surface area contributed by atoms with Crippen molar-refractivity contribution in [3.63, 3.8) is 0 Å². The summed E-state index contributed by atoms with van der Waals surface area (Å²) in [6.45, 7) is 2.60. The van der Waals surface area contributed by atoms with Crippen LogP contribution in [0.2, 0.25) is 5.02 Å². The van der Waals surface area contributed by atoms with Crippen LogP contribution >= 0.6 is 11.6 Å². The number of nitrogens with one attached hydrogen (secondary N) is 1. The number of halogens is 1.